The first-order chi connectivity index (χ1) is 3.46. The van der Waals surface area contributed by atoms with E-state index in [-0.39, 0.29) is 54.2 Å². The maximum atomic E-state index is 8.25. The van der Waals surface area contributed by atoms with Crippen LogP contribution < -0.4 is 0 Å². The van der Waals surface area contributed by atoms with Crippen LogP contribution in [-0.4, -0.2) is 47.9 Å². The maximum Gasteiger partial charge on any atom is 2.00 e. The van der Waals surface area contributed by atoms with Gasteiger partial charge in [0.1, 0.15) is 0 Å². The van der Waals surface area contributed by atoms with Crippen molar-refractivity contribution >= 4 is 37.7 Å². The average Bonchev–Trinajstić information content (AvgIpc) is 1.25. The minimum Gasteiger partial charge on any atom is 2.00 e. The zero-order valence-corrected chi connectivity index (χ0v) is 4.65. The van der Waals surface area contributed by atoms with Gasteiger partial charge in [0, 0.05) is 0 Å². The number of rotatable bonds is 0. The van der Waals surface area contributed by atoms with Gasteiger partial charge in [-0.15, -0.1) is 0 Å². The summed E-state index contributed by atoms with van der Waals surface area (Å²) in [5, 5.41) is 29.5. The van der Waals surface area contributed by atoms with Crippen LogP contribution in [0, 0.1) is 30.6 Å². The second-order valence-corrected chi connectivity index (χ2v) is 0.447. The average molecular weight is 225 g/mol. The maximum absolute atomic E-state index is 8.25. The molecule has 0 unspecified atom stereocenters. The molecule has 0 heterocycles. The Morgan fingerprint density at radius 1 is 0.800 bits per heavy atom. The molecule has 10 heavy (non-hydrogen) atoms. The Morgan fingerprint density at radius 2 is 0.800 bits per heavy atom. The Balaban J connectivity index is -0.0000000300. The van der Waals surface area contributed by atoms with Crippen LogP contribution in [0.15, 0.2) is 0 Å². The topological polar surface area (TPSA) is 132 Å². The molecule has 0 atom stereocenters. The van der Waals surface area contributed by atoms with Gasteiger partial charge in [-0.05, 0) is 0 Å². The quantitative estimate of drug-likeness (QED) is 0.282. The molecule has 0 radical (unpaired) electrons. The summed E-state index contributed by atoms with van der Waals surface area (Å²) >= 11 is 0. The van der Waals surface area contributed by atoms with Crippen molar-refractivity contribution in [1.29, 1.82) is 0 Å². The number of nitrogens with zero attached hydrogens (tertiary/aromatic N) is 2. The van der Waals surface area contributed by atoms with E-state index in [9.17, 15) is 0 Å². The molecule has 0 saturated heterocycles. The van der Waals surface area contributed by atoms with Gasteiger partial charge >= 0.3 is 54.2 Å². The molecule has 0 aromatic heterocycles. The monoisotopic (exact) mass is 224 g/mol. The van der Waals surface area contributed by atoms with Crippen LogP contribution in [0.25, 0.3) is 0 Å². The Morgan fingerprint density at radius 3 is 0.800 bits per heavy atom. The summed E-state index contributed by atoms with van der Waals surface area (Å²) < 4.78 is 0. The molecule has 8 nitrogen and oxygen atoms in total. The third-order valence-corrected chi connectivity index (χ3v) is 0. The molecule has 0 fully saturated rings. The van der Waals surface area contributed by atoms with Gasteiger partial charge in [0.25, 0.3) is 0 Å². The summed E-state index contributed by atoms with van der Waals surface area (Å²) in [7, 11) is 0. The summed E-state index contributed by atoms with van der Waals surface area (Å²) in [5.41, 5.74) is 0. The van der Waals surface area contributed by atoms with Crippen LogP contribution in [-0.2, 0) is 16.5 Å². The summed E-state index contributed by atoms with van der Waals surface area (Å²) in [4.78, 5) is 16.5. The number of hydrogen-bond donors (Lipinski definition) is 0. The molecule has 0 amide bonds. The normalized spacial score (nSPS) is 4.80. The molecule has 0 aromatic rings. The summed E-state index contributed by atoms with van der Waals surface area (Å²) in [6, 6.07) is 0. The van der Waals surface area contributed by atoms with Gasteiger partial charge in [0.05, 0.1) is 10.2 Å². The Labute approximate surface area is 94.3 Å². The Hall–Kier alpha value is 0.153. The molecule has 0 aromatic carbocycles. The van der Waals surface area contributed by atoms with Crippen molar-refractivity contribution < 1.29 is 26.7 Å². The van der Waals surface area contributed by atoms with E-state index in [1.807, 2.05) is 0 Å². The molecule has 0 aliphatic rings. The summed E-state index contributed by atoms with van der Waals surface area (Å²) in [6.07, 6.45) is 0. The van der Waals surface area contributed by atoms with Gasteiger partial charge in [-0.1, -0.05) is 0 Å². The number of hydrogen-bond acceptors (Lipinski definition) is 6. The first kappa shape index (κ1) is 22.5. The van der Waals surface area contributed by atoms with Gasteiger partial charge in [0.2, 0.25) is 0 Å². The fourth-order valence-corrected chi connectivity index (χ4v) is 0. The van der Waals surface area contributed by atoms with E-state index < -0.39 is 10.2 Å². The van der Waals surface area contributed by atoms with Crippen LogP contribution in [0.2, 0.25) is 0 Å². The van der Waals surface area contributed by atoms with Crippen molar-refractivity contribution in [3.63, 3.8) is 0 Å². The molecule has 10 heteroatoms. The van der Waals surface area contributed by atoms with E-state index >= 15 is 0 Å². The molecule has 60 valence electrons. The molecule has 0 N–H and O–H groups in total. The largest absolute Gasteiger partial charge is 2.00 e. The molecule has 0 saturated carbocycles. The van der Waals surface area contributed by atoms with E-state index in [0.29, 0.717) is 0 Å². The Kier molecular flexibility index (Phi) is 36.1. The van der Waals surface area contributed by atoms with Crippen molar-refractivity contribution in [2.75, 3.05) is 0 Å². The third-order valence-electron chi connectivity index (χ3n) is 0. The summed E-state index contributed by atoms with van der Waals surface area (Å²) in [6.45, 7) is 0. The molecule has 0 spiro atoms. The van der Waals surface area contributed by atoms with Crippen LogP contribution in [0.3, 0.4) is 0 Å². The van der Waals surface area contributed by atoms with Crippen molar-refractivity contribution in [3.8, 4) is 0 Å². The first-order valence-electron chi connectivity index (χ1n) is 1.10. The molecule has 0 rings (SSSR count). The second-order valence-electron chi connectivity index (χ2n) is 0.447. The van der Waals surface area contributed by atoms with Gasteiger partial charge in [-0.3, -0.25) is 0 Å². The second kappa shape index (κ2) is 16.1. The molecule has 0 aliphatic heterocycles. The minimum absolute atomic E-state index is 0. The SMILES string of the molecule is O=[N+]([O-])[O-].O=[N+]([O-])[O-].[CaH2].[Ni+2]. The first-order valence-corrected chi connectivity index (χ1v) is 1.10. The van der Waals surface area contributed by atoms with E-state index in [2.05, 4.69) is 0 Å². The standard InChI is InChI=1S/Ca.2NO3.Ni.2H/c;2*2-1(3)4;;;/q;2*-1;+2;;. The van der Waals surface area contributed by atoms with Crippen LogP contribution >= 0.6 is 0 Å². The molecular weight excluding hydrogens is 223 g/mol. The van der Waals surface area contributed by atoms with Gasteiger partial charge in [-0.2, -0.15) is 0 Å². The predicted octanol–water partition coefficient (Wildman–Crippen LogP) is -1.40. The Bertz CT molecular complexity index is 73.7. The molecule has 0 aliphatic carbocycles. The minimum atomic E-state index is -1.75. The van der Waals surface area contributed by atoms with Crippen molar-refractivity contribution in [1.82, 2.24) is 0 Å². The van der Waals surface area contributed by atoms with Gasteiger partial charge in [0.15, 0.2) is 0 Å². The van der Waals surface area contributed by atoms with Crippen LogP contribution in [0.5, 0.6) is 0 Å². The van der Waals surface area contributed by atoms with Gasteiger partial charge in [-0.25, -0.2) is 0 Å². The predicted molar refractivity (Wildman–Crippen MR) is 29.3 cm³/mol. The van der Waals surface area contributed by atoms with E-state index in [1.165, 1.54) is 0 Å². The van der Waals surface area contributed by atoms with E-state index in [0.717, 1.165) is 0 Å². The molecule has 0 bridgehead atoms. The van der Waals surface area contributed by atoms with Crippen molar-refractivity contribution in [2.24, 2.45) is 0 Å². The van der Waals surface area contributed by atoms with Gasteiger partial charge < -0.3 is 30.6 Å². The smallest absolute Gasteiger partial charge is 2.00 e. The fraction of sp³-hybridized carbons (Fsp3) is 0. The van der Waals surface area contributed by atoms with E-state index in [4.69, 9.17) is 30.6 Å². The van der Waals surface area contributed by atoms with Crippen LogP contribution in [0.1, 0.15) is 0 Å². The van der Waals surface area contributed by atoms with Crippen molar-refractivity contribution in [2.45, 2.75) is 0 Å². The van der Waals surface area contributed by atoms with Crippen molar-refractivity contribution in [3.05, 3.63) is 30.6 Å². The van der Waals surface area contributed by atoms with E-state index in [1.54, 1.807) is 0 Å². The zero-order chi connectivity index (χ0) is 7.15. The molecular formula is H2CaN2NiO6. The summed E-state index contributed by atoms with van der Waals surface area (Å²) in [5.74, 6) is 0. The third kappa shape index (κ3) is 17800. The zero-order valence-electron chi connectivity index (χ0n) is 3.66. The fourth-order valence-electron chi connectivity index (χ4n) is 0. The van der Waals surface area contributed by atoms with Crippen LogP contribution in [0.4, 0.5) is 0 Å².